The molecule has 0 spiro atoms. The zero-order chi connectivity index (χ0) is 26.9. The lowest BCUT2D eigenvalue weighted by atomic mass is 10.1. The molecule has 3 heterocycles. The Morgan fingerprint density at radius 2 is 1.52 bits per heavy atom. The fourth-order valence-corrected chi connectivity index (χ4v) is 5.43. The third-order valence-electron chi connectivity index (χ3n) is 7.45. The van der Waals surface area contributed by atoms with E-state index >= 15 is 0 Å². The predicted molar refractivity (Wildman–Crippen MR) is 163 cm³/mol. The van der Waals surface area contributed by atoms with Gasteiger partial charge in [-0.1, -0.05) is 36.4 Å². The summed E-state index contributed by atoms with van der Waals surface area (Å²) in [5, 5.41) is 8.65. The van der Waals surface area contributed by atoms with Crippen LogP contribution >= 0.6 is 0 Å². The maximum absolute atomic E-state index is 12.9. The molecule has 6 heteroatoms. The second-order valence-corrected chi connectivity index (χ2v) is 10.1. The first-order valence-electron chi connectivity index (χ1n) is 13.6. The quantitative estimate of drug-likeness (QED) is 0.230. The number of anilines is 4. The average Bonchev–Trinajstić information content (AvgIpc) is 3.67. The van der Waals surface area contributed by atoms with Crippen molar-refractivity contribution in [1.29, 1.82) is 0 Å². The standard InChI is InChI=1S/C34H28N4O2/c39-34(23-7-5-8-27(21-23)38-19-3-4-20-38)37-25-15-13-24(14-16-25)36-26-17-18-35-31(22-26)30-11-6-10-29-28-9-1-2-12-32(28)40-33(29)30/h1-2,5-18,21-22H,3-4,19-20H2,(H,35,36)(H,37,39). The predicted octanol–water partition coefficient (Wildman–Crippen LogP) is 8.24. The Labute approximate surface area is 232 Å². The van der Waals surface area contributed by atoms with Gasteiger partial charge in [0.15, 0.2) is 0 Å². The molecule has 1 amide bonds. The minimum Gasteiger partial charge on any atom is -0.455 e. The zero-order valence-electron chi connectivity index (χ0n) is 21.9. The Kier molecular flexibility index (Phi) is 6.13. The summed E-state index contributed by atoms with van der Waals surface area (Å²) in [4.78, 5) is 19.9. The Balaban J connectivity index is 1.07. The van der Waals surface area contributed by atoms with Crippen LogP contribution in [0.1, 0.15) is 23.2 Å². The highest BCUT2D eigenvalue weighted by Gasteiger charge is 2.15. The van der Waals surface area contributed by atoms with Crippen LogP contribution < -0.4 is 15.5 Å². The van der Waals surface area contributed by atoms with Crippen molar-refractivity contribution in [2.45, 2.75) is 12.8 Å². The number of aromatic nitrogens is 1. The number of para-hydroxylation sites is 2. The molecule has 2 aromatic heterocycles. The van der Waals surface area contributed by atoms with Gasteiger partial charge in [0.25, 0.3) is 5.91 Å². The van der Waals surface area contributed by atoms with Gasteiger partial charge in [-0.25, -0.2) is 0 Å². The molecule has 2 N–H and O–H groups in total. The van der Waals surface area contributed by atoms with E-state index in [0.717, 1.165) is 69.0 Å². The van der Waals surface area contributed by atoms with E-state index in [2.05, 4.69) is 38.7 Å². The SMILES string of the molecule is O=C(Nc1ccc(Nc2ccnc(-c3cccc4c3oc3ccccc34)c2)cc1)c1cccc(N2CCCC2)c1. The molecular formula is C34H28N4O2. The Hall–Kier alpha value is -5.10. The fraction of sp³-hybridized carbons (Fsp3) is 0.118. The van der Waals surface area contributed by atoms with E-state index in [-0.39, 0.29) is 5.91 Å². The molecule has 0 radical (unpaired) electrons. The van der Waals surface area contributed by atoms with Crippen LogP contribution in [0.25, 0.3) is 33.2 Å². The van der Waals surface area contributed by atoms with E-state index in [1.807, 2.05) is 84.9 Å². The maximum Gasteiger partial charge on any atom is 0.255 e. The number of benzene rings is 4. The molecule has 0 bridgehead atoms. The number of carbonyl (C=O) groups excluding carboxylic acids is 1. The van der Waals surface area contributed by atoms with Gasteiger partial charge in [-0.2, -0.15) is 0 Å². The first-order chi connectivity index (χ1) is 19.7. The van der Waals surface area contributed by atoms with Crippen LogP contribution in [0.2, 0.25) is 0 Å². The average molecular weight is 525 g/mol. The first-order valence-corrected chi connectivity index (χ1v) is 13.6. The minimum atomic E-state index is -0.111. The van der Waals surface area contributed by atoms with Crippen molar-refractivity contribution in [3.05, 3.63) is 115 Å². The largest absolute Gasteiger partial charge is 0.455 e. The summed E-state index contributed by atoms with van der Waals surface area (Å²) in [6.07, 6.45) is 4.20. The van der Waals surface area contributed by atoms with Crippen LogP contribution in [0.15, 0.2) is 114 Å². The number of nitrogens with zero attached hydrogens (tertiary/aromatic N) is 2. The van der Waals surface area contributed by atoms with E-state index < -0.39 is 0 Å². The monoisotopic (exact) mass is 524 g/mol. The van der Waals surface area contributed by atoms with Crippen LogP contribution in [0.5, 0.6) is 0 Å². The number of nitrogens with one attached hydrogen (secondary N) is 2. The zero-order valence-corrected chi connectivity index (χ0v) is 21.9. The Morgan fingerprint density at radius 3 is 2.40 bits per heavy atom. The summed E-state index contributed by atoms with van der Waals surface area (Å²) in [6, 6.07) is 33.8. The van der Waals surface area contributed by atoms with Crippen molar-refractivity contribution in [1.82, 2.24) is 4.98 Å². The number of furan rings is 1. The van der Waals surface area contributed by atoms with Gasteiger partial charge in [-0.15, -0.1) is 0 Å². The third kappa shape index (κ3) is 4.64. The van der Waals surface area contributed by atoms with Crippen molar-refractivity contribution < 1.29 is 9.21 Å². The lowest BCUT2D eigenvalue weighted by molar-refractivity contribution is 0.102. The maximum atomic E-state index is 12.9. The third-order valence-corrected chi connectivity index (χ3v) is 7.45. The minimum absolute atomic E-state index is 0.111. The number of pyridine rings is 1. The number of fused-ring (bicyclic) bond motifs is 3. The van der Waals surface area contributed by atoms with E-state index in [1.54, 1.807) is 6.20 Å². The highest BCUT2D eigenvalue weighted by molar-refractivity contribution is 6.09. The molecule has 4 aromatic carbocycles. The molecule has 40 heavy (non-hydrogen) atoms. The second kappa shape index (κ2) is 10.2. The van der Waals surface area contributed by atoms with Crippen molar-refractivity contribution in [2.75, 3.05) is 28.6 Å². The molecule has 196 valence electrons. The van der Waals surface area contributed by atoms with Gasteiger partial charge in [-0.3, -0.25) is 9.78 Å². The fourth-order valence-electron chi connectivity index (χ4n) is 5.43. The van der Waals surface area contributed by atoms with Gasteiger partial charge in [0.2, 0.25) is 0 Å². The highest BCUT2D eigenvalue weighted by Crippen LogP contribution is 2.35. The summed E-state index contributed by atoms with van der Waals surface area (Å²) in [5.41, 5.74) is 7.81. The molecule has 0 unspecified atom stereocenters. The molecule has 6 nitrogen and oxygen atoms in total. The van der Waals surface area contributed by atoms with Gasteiger partial charge in [0, 0.05) is 63.9 Å². The van der Waals surface area contributed by atoms with Crippen LogP contribution in [0.4, 0.5) is 22.7 Å². The normalized spacial score (nSPS) is 13.2. The topological polar surface area (TPSA) is 70.4 Å². The lowest BCUT2D eigenvalue weighted by Crippen LogP contribution is -2.18. The molecule has 0 saturated carbocycles. The second-order valence-electron chi connectivity index (χ2n) is 10.1. The van der Waals surface area contributed by atoms with Gasteiger partial charge in [0.05, 0.1) is 5.69 Å². The van der Waals surface area contributed by atoms with Crippen molar-refractivity contribution in [3.8, 4) is 11.3 Å². The van der Waals surface area contributed by atoms with Crippen LogP contribution in [0.3, 0.4) is 0 Å². The van der Waals surface area contributed by atoms with Crippen molar-refractivity contribution in [2.24, 2.45) is 0 Å². The van der Waals surface area contributed by atoms with Gasteiger partial charge in [0.1, 0.15) is 11.2 Å². The number of rotatable bonds is 6. The lowest BCUT2D eigenvalue weighted by Gasteiger charge is -2.18. The van der Waals surface area contributed by atoms with E-state index in [1.165, 1.54) is 12.8 Å². The number of amides is 1. The van der Waals surface area contributed by atoms with Crippen LogP contribution in [-0.4, -0.2) is 24.0 Å². The molecule has 7 rings (SSSR count). The number of hydrogen-bond donors (Lipinski definition) is 2. The molecule has 0 aliphatic carbocycles. The summed E-state index contributed by atoms with van der Waals surface area (Å²) >= 11 is 0. The molecular weight excluding hydrogens is 496 g/mol. The van der Waals surface area contributed by atoms with Crippen molar-refractivity contribution in [3.63, 3.8) is 0 Å². The van der Waals surface area contributed by atoms with Gasteiger partial charge in [-0.05, 0) is 79.6 Å². The highest BCUT2D eigenvalue weighted by atomic mass is 16.3. The summed E-state index contributed by atoms with van der Waals surface area (Å²) in [7, 11) is 0. The molecule has 1 saturated heterocycles. The van der Waals surface area contributed by atoms with Gasteiger partial charge < -0.3 is 20.0 Å². The van der Waals surface area contributed by atoms with Crippen LogP contribution in [-0.2, 0) is 0 Å². The van der Waals surface area contributed by atoms with Crippen molar-refractivity contribution >= 4 is 50.6 Å². The summed E-state index contributed by atoms with van der Waals surface area (Å²) < 4.78 is 6.21. The smallest absolute Gasteiger partial charge is 0.255 e. The molecule has 1 aliphatic rings. The van der Waals surface area contributed by atoms with E-state index in [9.17, 15) is 4.79 Å². The molecule has 1 fully saturated rings. The molecule has 0 atom stereocenters. The van der Waals surface area contributed by atoms with Gasteiger partial charge >= 0.3 is 0 Å². The van der Waals surface area contributed by atoms with E-state index in [4.69, 9.17) is 4.42 Å². The van der Waals surface area contributed by atoms with E-state index in [0.29, 0.717) is 5.56 Å². The molecule has 6 aromatic rings. The van der Waals surface area contributed by atoms with Crippen LogP contribution in [0, 0.1) is 0 Å². The number of carbonyl (C=O) groups is 1. The Morgan fingerprint density at radius 1 is 0.750 bits per heavy atom. The summed E-state index contributed by atoms with van der Waals surface area (Å²) in [6.45, 7) is 2.10. The summed E-state index contributed by atoms with van der Waals surface area (Å²) in [5.74, 6) is -0.111. The first kappa shape index (κ1) is 24.0. The molecule has 1 aliphatic heterocycles. The Bertz CT molecular complexity index is 1840. The number of hydrogen-bond acceptors (Lipinski definition) is 5.